The molecular formula is C29H32N2O5S. The number of hydrogen-bond acceptors (Lipinski definition) is 5. The van der Waals surface area contributed by atoms with Crippen molar-refractivity contribution in [1.82, 2.24) is 5.32 Å². The van der Waals surface area contributed by atoms with Gasteiger partial charge in [0, 0.05) is 25.2 Å². The Balaban J connectivity index is 1.41. The number of amides is 1. The Hall–Kier alpha value is -3.36. The summed E-state index contributed by atoms with van der Waals surface area (Å²) in [6.07, 6.45) is 0.597. The van der Waals surface area contributed by atoms with Gasteiger partial charge in [-0.2, -0.15) is 0 Å². The number of sulfonamides is 1. The zero-order chi connectivity index (χ0) is 26.0. The lowest BCUT2D eigenvalue weighted by Crippen LogP contribution is -2.53. The molecule has 0 aromatic heterocycles. The fraction of sp³-hybridized carbons (Fsp3) is 0.345. The highest BCUT2D eigenvalue weighted by atomic mass is 32.2. The summed E-state index contributed by atoms with van der Waals surface area (Å²) in [6.45, 7) is 5.37. The van der Waals surface area contributed by atoms with Gasteiger partial charge < -0.3 is 14.8 Å². The van der Waals surface area contributed by atoms with E-state index in [2.05, 4.69) is 17.4 Å². The van der Waals surface area contributed by atoms with Gasteiger partial charge in [-0.1, -0.05) is 54.1 Å². The molecule has 0 saturated carbocycles. The highest BCUT2D eigenvalue weighted by Crippen LogP contribution is 2.38. The second-order valence-electron chi connectivity index (χ2n) is 9.90. The summed E-state index contributed by atoms with van der Waals surface area (Å²) in [6, 6.07) is 22.2. The van der Waals surface area contributed by atoms with Crippen LogP contribution in [0.2, 0.25) is 0 Å². The molecule has 0 bridgehead atoms. The fourth-order valence-electron chi connectivity index (χ4n) is 5.05. The molecule has 1 amide bonds. The number of nitrogens with one attached hydrogen (secondary N) is 1. The molecule has 2 aliphatic rings. The van der Waals surface area contributed by atoms with Gasteiger partial charge in [0.1, 0.15) is 5.75 Å². The molecule has 3 aromatic rings. The number of nitrogens with zero attached hydrogens (tertiary/aromatic N) is 1. The molecule has 0 aliphatic carbocycles. The maximum Gasteiger partial charge on any atom is 0.264 e. The van der Waals surface area contributed by atoms with Gasteiger partial charge >= 0.3 is 0 Å². The first-order valence-corrected chi connectivity index (χ1v) is 14.0. The number of rotatable bonds is 6. The van der Waals surface area contributed by atoms with Crippen LogP contribution >= 0.6 is 0 Å². The van der Waals surface area contributed by atoms with Crippen LogP contribution in [0, 0.1) is 13.8 Å². The molecule has 3 aromatic carbocycles. The zero-order valence-electron chi connectivity index (χ0n) is 21.1. The molecule has 8 heteroatoms. The Morgan fingerprint density at radius 3 is 2.35 bits per heavy atom. The SMILES string of the molecule is Cc1ccc(S(=O)(=O)N2C[C@H](C(=O)NCC3(c4ccccc4)CCOCC3)Oc3cc(C)ccc32)cc1. The van der Waals surface area contributed by atoms with Gasteiger partial charge in [0.2, 0.25) is 0 Å². The summed E-state index contributed by atoms with van der Waals surface area (Å²) in [4.78, 5) is 13.7. The maximum absolute atomic E-state index is 13.7. The molecule has 0 radical (unpaired) electrons. The van der Waals surface area contributed by atoms with Crippen LogP contribution in [-0.4, -0.2) is 46.7 Å². The monoisotopic (exact) mass is 520 g/mol. The van der Waals surface area contributed by atoms with Crippen LogP contribution in [0.25, 0.3) is 0 Å². The summed E-state index contributed by atoms with van der Waals surface area (Å²) in [7, 11) is -3.91. The zero-order valence-corrected chi connectivity index (χ0v) is 22.0. The summed E-state index contributed by atoms with van der Waals surface area (Å²) in [5.41, 5.74) is 3.23. The number of carbonyl (C=O) groups is 1. The van der Waals surface area contributed by atoms with E-state index in [1.165, 1.54) is 4.31 Å². The molecule has 194 valence electrons. The molecule has 0 spiro atoms. The van der Waals surface area contributed by atoms with E-state index in [1.807, 2.05) is 38.1 Å². The van der Waals surface area contributed by atoms with Crippen LogP contribution in [0.15, 0.2) is 77.7 Å². The van der Waals surface area contributed by atoms with Gasteiger partial charge in [-0.25, -0.2) is 8.42 Å². The molecular weight excluding hydrogens is 488 g/mol. The van der Waals surface area contributed by atoms with Gasteiger partial charge in [-0.3, -0.25) is 9.10 Å². The first-order valence-electron chi connectivity index (χ1n) is 12.6. The lowest BCUT2D eigenvalue weighted by Gasteiger charge is -2.39. The molecule has 1 atom stereocenters. The van der Waals surface area contributed by atoms with Gasteiger partial charge in [-0.15, -0.1) is 0 Å². The van der Waals surface area contributed by atoms with Gasteiger partial charge in [-0.05, 0) is 62.1 Å². The number of fused-ring (bicyclic) bond motifs is 1. The van der Waals surface area contributed by atoms with Crippen LogP contribution in [0.5, 0.6) is 5.75 Å². The van der Waals surface area contributed by atoms with E-state index in [4.69, 9.17) is 9.47 Å². The maximum atomic E-state index is 13.7. The Morgan fingerprint density at radius 1 is 0.973 bits per heavy atom. The third kappa shape index (κ3) is 5.08. The van der Waals surface area contributed by atoms with Gasteiger partial charge in [0.15, 0.2) is 6.10 Å². The highest BCUT2D eigenvalue weighted by Gasteiger charge is 2.40. The number of carbonyl (C=O) groups excluding carboxylic acids is 1. The number of aryl methyl sites for hydroxylation is 2. The summed E-state index contributed by atoms with van der Waals surface area (Å²) in [5.74, 6) is 0.0454. The van der Waals surface area contributed by atoms with Gasteiger partial charge in [0.05, 0.1) is 17.1 Å². The Kier molecular flexibility index (Phi) is 6.96. The van der Waals surface area contributed by atoms with Crippen molar-refractivity contribution in [2.75, 3.05) is 30.6 Å². The predicted octanol–water partition coefficient (Wildman–Crippen LogP) is 4.12. The number of hydrogen-bond donors (Lipinski definition) is 1. The molecule has 1 fully saturated rings. The van der Waals surface area contributed by atoms with Crippen molar-refractivity contribution in [3.05, 3.63) is 89.5 Å². The van der Waals surface area contributed by atoms with E-state index in [0.29, 0.717) is 31.2 Å². The van der Waals surface area contributed by atoms with Crippen LogP contribution in [0.4, 0.5) is 5.69 Å². The number of benzene rings is 3. The second-order valence-corrected chi connectivity index (χ2v) is 11.8. The Bertz CT molecular complexity index is 1370. The average Bonchev–Trinajstić information content (AvgIpc) is 2.92. The van der Waals surface area contributed by atoms with Crippen molar-refractivity contribution < 1.29 is 22.7 Å². The average molecular weight is 521 g/mol. The van der Waals surface area contributed by atoms with E-state index in [-0.39, 0.29) is 22.8 Å². The quantitative estimate of drug-likeness (QED) is 0.529. The van der Waals surface area contributed by atoms with Crippen molar-refractivity contribution >= 4 is 21.6 Å². The summed E-state index contributed by atoms with van der Waals surface area (Å²) in [5, 5.41) is 3.09. The van der Waals surface area contributed by atoms with E-state index < -0.39 is 16.1 Å². The predicted molar refractivity (Wildman–Crippen MR) is 142 cm³/mol. The molecule has 5 rings (SSSR count). The van der Waals surface area contributed by atoms with Crippen molar-refractivity contribution in [3.8, 4) is 5.75 Å². The topological polar surface area (TPSA) is 84.9 Å². The molecule has 2 aliphatic heterocycles. The molecule has 0 unspecified atom stereocenters. The number of anilines is 1. The normalized spacial score (nSPS) is 19.0. The van der Waals surface area contributed by atoms with E-state index in [9.17, 15) is 13.2 Å². The summed E-state index contributed by atoms with van der Waals surface area (Å²) < 4.78 is 40.4. The van der Waals surface area contributed by atoms with E-state index in [0.717, 1.165) is 29.5 Å². The van der Waals surface area contributed by atoms with Crippen LogP contribution in [0.1, 0.15) is 29.5 Å². The van der Waals surface area contributed by atoms with E-state index >= 15 is 0 Å². The van der Waals surface area contributed by atoms with E-state index in [1.54, 1.807) is 36.4 Å². The van der Waals surface area contributed by atoms with Crippen molar-refractivity contribution in [2.24, 2.45) is 0 Å². The number of ether oxygens (including phenoxy) is 2. The minimum absolute atomic E-state index is 0.112. The highest BCUT2D eigenvalue weighted by molar-refractivity contribution is 7.92. The Morgan fingerprint density at radius 2 is 1.65 bits per heavy atom. The lowest BCUT2D eigenvalue weighted by molar-refractivity contribution is -0.128. The lowest BCUT2D eigenvalue weighted by atomic mass is 9.74. The smallest absolute Gasteiger partial charge is 0.264 e. The van der Waals surface area contributed by atoms with Crippen molar-refractivity contribution in [2.45, 2.75) is 43.1 Å². The van der Waals surface area contributed by atoms with Crippen LogP contribution in [0.3, 0.4) is 0 Å². The third-order valence-corrected chi connectivity index (χ3v) is 9.12. The first-order chi connectivity index (χ1) is 17.8. The minimum Gasteiger partial charge on any atom is -0.476 e. The largest absolute Gasteiger partial charge is 0.476 e. The fourth-order valence-corrected chi connectivity index (χ4v) is 6.53. The molecule has 2 heterocycles. The van der Waals surface area contributed by atoms with Crippen molar-refractivity contribution in [1.29, 1.82) is 0 Å². The van der Waals surface area contributed by atoms with Crippen LogP contribution < -0.4 is 14.4 Å². The van der Waals surface area contributed by atoms with Crippen molar-refractivity contribution in [3.63, 3.8) is 0 Å². The molecule has 1 saturated heterocycles. The summed E-state index contributed by atoms with van der Waals surface area (Å²) >= 11 is 0. The second kappa shape index (κ2) is 10.2. The van der Waals surface area contributed by atoms with Gasteiger partial charge in [0.25, 0.3) is 15.9 Å². The van der Waals surface area contributed by atoms with Crippen LogP contribution in [-0.2, 0) is 25.0 Å². The standard InChI is InChI=1S/C29H32N2O5S/c1-21-8-11-24(12-9-21)37(33,34)31-19-27(36-26-18-22(2)10-13-25(26)31)28(32)30-20-29(14-16-35-17-15-29)23-6-4-3-5-7-23/h3-13,18,27H,14-17,19-20H2,1-2H3,(H,30,32)/t27-/m1/s1. The third-order valence-electron chi connectivity index (χ3n) is 7.32. The first kappa shape index (κ1) is 25.3. The molecule has 1 N–H and O–H groups in total. The molecule has 37 heavy (non-hydrogen) atoms. The molecule has 7 nitrogen and oxygen atoms in total. The minimum atomic E-state index is -3.91. The Labute approximate surface area is 218 Å².